The largest absolute Gasteiger partial charge is 0.493 e. The molecule has 4 aromatic rings. The van der Waals surface area contributed by atoms with Crippen LogP contribution in [0.5, 0.6) is 5.75 Å². The first-order chi connectivity index (χ1) is 15.2. The van der Waals surface area contributed by atoms with Crippen LogP contribution in [0.25, 0.3) is 11.5 Å². The summed E-state index contributed by atoms with van der Waals surface area (Å²) in [7, 11) is 0. The van der Waals surface area contributed by atoms with Crippen molar-refractivity contribution in [3.63, 3.8) is 0 Å². The Morgan fingerprint density at radius 2 is 1.71 bits per heavy atom. The topological polar surface area (TPSA) is 77.2 Å². The van der Waals surface area contributed by atoms with E-state index in [0.717, 1.165) is 11.1 Å². The fraction of sp³-hybridized carbons (Fsp3) is 0.125. The Hall–Kier alpha value is -3.64. The molecular weight excluding hydrogens is 414 g/mol. The summed E-state index contributed by atoms with van der Waals surface area (Å²) in [6, 6.07) is 23.0. The predicted molar refractivity (Wildman–Crippen MR) is 118 cm³/mol. The highest BCUT2D eigenvalue weighted by molar-refractivity contribution is 6.30. The first kappa shape index (κ1) is 20.6. The monoisotopic (exact) mass is 433 g/mol. The summed E-state index contributed by atoms with van der Waals surface area (Å²) in [6.45, 7) is 2.32. The number of para-hydroxylation sites is 1. The van der Waals surface area contributed by atoms with E-state index in [0.29, 0.717) is 28.8 Å². The van der Waals surface area contributed by atoms with Gasteiger partial charge < -0.3 is 14.5 Å². The third-order valence-corrected chi connectivity index (χ3v) is 4.87. The van der Waals surface area contributed by atoms with E-state index in [-0.39, 0.29) is 11.8 Å². The molecule has 1 unspecified atom stereocenters. The van der Waals surface area contributed by atoms with Crippen molar-refractivity contribution in [2.75, 3.05) is 6.61 Å². The van der Waals surface area contributed by atoms with Gasteiger partial charge in [-0.1, -0.05) is 54.1 Å². The number of carbonyl (C=O) groups excluding carboxylic acids is 1. The first-order valence-corrected chi connectivity index (χ1v) is 10.2. The van der Waals surface area contributed by atoms with Gasteiger partial charge in [0.05, 0.1) is 12.2 Å². The number of nitrogens with zero attached hydrogens (tertiary/aromatic N) is 2. The third-order valence-electron chi connectivity index (χ3n) is 4.62. The van der Waals surface area contributed by atoms with Crippen LogP contribution in [0.3, 0.4) is 0 Å². The summed E-state index contributed by atoms with van der Waals surface area (Å²) < 4.78 is 11.5. The van der Waals surface area contributed by atoms with Gasteiger partial charge in [-0.3, -0.25) is 4.79 Å². The Labute approximate surface area is 184 Å². The summed E-state index contributed by atoms with van der Waals surface area (Å²) in [5.41, 5.74) is 1.98. The van der Waals surface area contributed by atoms with Crippen LogP contribution in [-0.4, -0.2) is 22.7 Å². The molecule has 0 bridgehead atoms. The van der Waals surface area contributed by atoms with E-state index in [2.05, 4.69) is 15.5 Å². The SMILES string of the molecule is CCOc1ccccc1C(=O)NC(c1ccc(Cl)cc1)c1nnc(-c2ccccc2)o1. The maximum absolute atomic E-state index is 13.1. The van der Waals surface area contributed by atoms with Gasteiger partial charge in [0.1, 0.15) is 11.8 Å². The number of hydrogen-bond acceptors (Lipinski definition) is 5. The van der Waals surface area contributed by atoms with E-state index in [1.807, 2.05) is 55.5 Å². The molecule has 0 aliphatic carbocycles. The van der Waals surface area contributed by atoms with Gasteiger partial charge in [0, 0.05) is 10.6 Å². The first-order valence-electron chi connectivity index (χ1n) is 9.82. The molecule has 0 fully saturated rings. The minimum Gasteiger partial charge on any atom is -0.493 e. The molecule has 0 saturated heterocycles. The second-order valence-electron chi connectivity index (χ2n) is 6.70. The standard InChI is InChI=1S/C24H20ClN3O3/c1-2-30-20-11-7-6-10-19(20)22(29)26-21(16-12-14-18(25)15-13-16)24-28-27-23(31-24)17-8-4-3-5-9-17/h3-15,21H,2H2,1H3,(H,26,29). The molecule has 7 heteroatoms. The lowest BCUT2D eigenvalue weighted by Gasteiger charge is -2.17. The Morgan fingerprint density at radius 3 is 2.45 bits per heavy atom. The smallest absolute Gasteiger partial charge is 0.255 e. The van der Waals surface area contributed by atoms with Gasteiger partial charge in [-0.25, -0.2) is 0 Å². The van der Waals surface area contributed by atoms with Crippen LogP contribution < -0.4 is 10.1 Å². The number of rotatable bonds is 7. The fourth-order valence-electron chi connectivity index (χ4n) is 3.14. The van der Waals surface area contributed by atoms with Crippen LogP contribution in [0.4, 0.5) is 0 Å². The van der Waals surface area contributed by atoms with Crippen molar-refractivity contribution in [1.82, 2.24) is 15.5 Å². The highest BCUT2D eigenvalue weighted by Gasteiger charge is 2.25. The minimum atomic E-state index is -0.663. The molecule has 0 aliphatic rings. The molecule has 6 nitrogen and oxygen atoms in total. The summed E-state index contributed by atoms with van der Waals surface area (Å²) >= 11 is 6.05. The van der Waals surface area contributed by atoms with Gasteiger partial charge >= 0.3 is 0 Å². The van der Waals surface area contributed by atoms with Crippen LogP contribution in [0.15, 0.2) is 83.3 Å². The molecule has 0 spiro atoms. The van der Waals surface area contributed by atoms with Crippen LogP contribution >= 0.6 is 11.6 Å². The van der Waals surface area contributed by atoms with Crippen molar-refractivity contribution >= 4 is 17.5 Å². The fourth-order valence-corrected chi connectivity index (χ4v) is 3.26. The van der Waals surface area contributed by atoms with Crippen molar-refractivity contribution in [3.8, 4) is 17.2 Å². The zero-order valence-corrected chi connectivity index (χ0v) is 17.5. The third kappa shape index (κ3) is 4.75. The van der Waals surface area contributed by atoms with E-state index < -0.39 is 6.04 Å². The Kier molecular flexibility index (Phi) is 6.29. The van der Waals surface area contributed by atoms with Crippen molar-refractivity contribution in [3.05, 3.63) is 101 Å². The average Bonchev–Trinajstić information content (AvgIpc) is 3.29. The molecule has 3 aromatic carbocycles. The normalized spacial score (nSPS) is 11.7. The van der Waals surface area contributed by atoms with Crippen LogP contribution in [0.2, 0.25) is 5.02 Å². The summed E-state index contributed by atoms with van der Waals surface area (Å²) in [6.07, 6.45) is 0. The minimum absolute atomic E-state index is 0.267. The van der Waals surface area contributed by atoms with Gasteiger partial charge in [0.2, 0.25) is 11.8 Å². The molecule has 0 saturated carbocycles. The lowest BCUT2D eigenvalue weighted by atomic mass is 10.1. The second kappa shape index (κ2) is 9.45. The quantitative estimate of drug-likeness (QED) is 0.427. The summed E-state index contributed by atoms with van der Waals surface area (Å²) in [4.78, 5) is 13.1. The van der Waals surface area contributed by atoms with E-state index in [4.69, 9.17) is 20.8 Å². The molecule has 1 amide bonds. The number of hydrogen-bond donors (Lipinski definition) is 1. The van der Waals surface area contributed by atoms with Crippen LogP contribution in [-0.2, 0) is 0 Å². The molecule has 4 rings (SSSR count). The van der Waals surface area contributed by atoms with Crippen molar-refractivity contribution in [1.29, 1.82) is 0 Å². The number of amides is 1. The van der Waals surface area contributed by atoms with Crippen molar-refractivity contribution in [2.45, 2.75) is 13.0 Å². The zero-order valence-electron chi connectivity index (χ0n) is 16.8. The number of benzene rings is 3. The van der Waals surface area contributed by atoms with Crippen LogP contribution in [0, 0.1) is 0 Å². The molecule has 31 heavy (non-hydrogen) atoms. The Balaban J connectivity index is 1.68. The van der Waals surface area contributed by atoms with Gasteiger partial charge in [-0.2, -0.15) is 0 Å². The maximum Gasteiger partial charge on any atom is 0.255 e. The van der Waals surface area contributed by atoms with Gasteiger partial charge in [-0.05, 0) is 48.9 Å². The lowest BCUT2D eigenvalue weighted by Crippen LogP contribution is -2.30. The molecule has 156 valence electrons. The maximum atomic E-state index is 13.1. The Morgan fingerprint density at radius 1 is 1.00 bits per heavy atom. The van der Waals surface area contributed by atoms with Crippen LogP contribution in [0.1, 0.15) is 34.8 Å². The molecule has 1 atom stereocenters. The van der Waals surface area contributed by atoms with E-state index in [1.165, 1.54) is 0 Å². The van der Waals surface area contributed by atoms with Crippen molar-refractivity contribution in [2.24, 2.45) is 0 Å². The lowest BCUT2D eigenvalue weighted by molar-refractivity contribution is 0.0934. The molecule has 1 heterocycles. The predicted octanol–water partition coefficient (Wildman–Crippen LogP) is 5.31. The van der Waals surface area contributed by atoms with Gasteiger partial charge in [0.25, 0.3) is 5.91 Å². The molecule has 1 aromatic heterocycles. The second-order valence-corrected chi connectivity index (χ2v) is 7.14. The molecular formula is C24H20ClN3O3. The van der Waals surface area contributed by atoms with E-state index >= 15 is 0 Å². The number of ether oxygens (including phenoxy) is 1. The highest BCUT2D eigenvalue weighted by atomic mass is 35.5. The highest BCUT2D eigenvalue weighted by Crippen LogP contribution is 2.27. The van der Waals surface area contributed by atoms with Crippen molar-refractivity contribution < 1.29 is 13.9 Å². The number of halogens is 1. The molecule has 0 aliphatic heterocycles. The average molecular weight is 434 g/mol. The van der Waals surface area contributed by atoms with Gasteiger partial charge in [0.15, 0.2) is 0 Å². The number of aromatic nitrogens is 2. The summed E-state index contributed by atoms with van der Waals surface area (Å²) in [5.74, 6) is 0.832. The molecule has 1 N–H and O–H groups in total. The van der Waals surface area contributed by atoms with E-state index in [1.54, 1.807) is 30.3 Å². The Bertz CT molecular complexity index is 1160. The zero-order chi connectivity index (χ0) is 21.6. The number of nitrogens with one attached hydrogen (secondary N) is 1. The van der Waals surface area contributed by atoms with E-state index in [9.17, 15) is 4.79 Å². The number of carbonyl (C=O) groups is 1. The molecule has 0 radical (unpaired) electrons. The summed E-state index contributed by atoms with van der Waals surface area (Å²) in [5, 5.41) is 11.9. The van der Waals surface area contributed by atoms with Gasteiger partial charge in [-0.15, -0.1) is 10.2 Å².